The number of rotatable bonds is 5. The first-order chi connectivity index (χ1) is 13.0. The molecule has 8 nitrogen and oxygen atoms in total. The Morgan fingerprint density at radius 2 is 2.26 bits per heavy atom. The molecule has 1 atom stereocenters. The molecule has 2 aromatic rings. The standard InChI is InChI=1S/C18H24ClN5O3/c1-22-7-5-20-16(22)11-23-8-9-26-18(12-23)4-6-24(13-18)17(25)3-2-14-10-15(19)21-27-14/h5,7,10H,2-4,6,8-9,11-13H2,1H3. The lowest BCUT2D eigenvalue weighted by Gasteiger charge is -2.40. The first kappa shape index (κ1) is 18.5. The summed E-state index contributed by atoms with van der Waals surface area (Å²) >= 11 is 5.75. The SMILES string of the molecule is Cn1ccnc1CN1CCOC2(CCN(C(=O)CCc3cc(Cl)no3)C2)C1. The molecule has 9 heteroatoms. The van der Waals surface area contributed by atoms with E-state index in [0.717, 1.165) is 38.4 Å². The van der Waals surface area contributed by atoms with Crippen LogP contribution in [-0.4, -0.2) is 68.8 Å². The number of imidazole rings is 1. The second-order valence-electron chi connectivity index (χ2n) is 7.38. The third-order valence-corrected chi connectivity index (χ3v) is 5.58. The molecule has 2 aliphatic rings. The van der Waals surface area contributed by atoms with Gasteiger partial charge in [0.25, 0.3) is 0 Å². The number of likely N-dealkylation sites (tertiary alicyclic amines) is 1. The van der Waals surface area contributed by atoms with E-state index in [2.05, 4.69) is 15.0 Å². The molecule has 4 heterocycles. The Morgan fingerprint density at radius 1 is 1.37 bits per heavy atom. The van der Waals surface area contributed by atoms with E-state index in [1.807, 2.05) is 28.9 Å². The topological polar surface area (TPSA) is 76.6 Å². The summed E-state index contributed by atoms with van der Waals surface area (Å²) in [6, 6.07) is 1.65. The van der Waals surface area contributed by atoms with Crippen molar-refractivity contribution in [3.8, 4) is 0 Å². The number of halogens is 1. The van der Waals surface area contributed by atoms with Gasteiger partial charge in [-0.05, 0) is 6.42 Å². The Bertz CT molecular complexity index is 807. The highest BCUT2D eigenvalue weighted by Crippen LogP contribution is 2.30. The highest BCUT2D eigenvalue weighted by molar-refractivity contribution is 6.29. The number of carbonyl (C=O) groups excluding carboxylic acids is 1. The summed E-state index contributed by atoms with van der Waals surface area (Å²) in [7, 11) is 2.01. The van der Waals surface area contributed by atoms with Gasteiger partial charge in [0.15, 0.2) is 5.15 Å². The zero-order chi connectivity index (χ0) is 18.9. The Balaban J connectivity index is 1.31. The van der Waals surface area contributed by atoms with Gasteiger partial charge in [-0.1, -0.05) is 16.8 Å². The molecule has 1 unspecified atom stereocenters. The molecule has 2 fully saturated rings. The van der Waals surface area contributed by atoms with Crippen molar-refractivity contribution >= 4 is 17.5 Å². The lowest BCUT2D eigenvalue weighted by Crippen LogP contribution is -2.53. The highest BCUT2D eigenvalue weighted by atomic mass is 35.5. The number of hydrogen-bond donors (Lipinski definition) is 0. The van der Waals surface area contributed by atoms with E-state index in [4.69, 9.17) is 20.9 Å². The largest absolute Gasteiger partial charge is 0.370 e. The average molecular weight is 394 g/mol. The van der Waals surface area contributed by atoms with Crippen LogP contribution < -0.4 is 0 Å². The number of nitrogens with zero attached hydrogens (tertiary/aromatic N) is 5. The highest BCUT2D eigenvalue weighted by Gasteiger charge is 2.44. The van der Waals surface area contributed by atoms with Crippen LogP contribution in [0.2, 0.25) is 5.15 Å². The minimum Gasteiger partial charge on any atom is -0.370 e. The Morgan fingerprint density at radius 3 is 3.00 bits per heavy atom. The number of aromatic nitrogens is 3. The number of aryl methyl sites for hydroxylation is 2. The van der Waals surface area contributed by atoms with Gasteiger partial charge in [-0.25, -0.2) is 4.98 Å². The second kappa shape index (κ2) is 7.61. The van der Waals surface area contributed by atoms with Crippen LogP contribution in [0.1, 0.15) is 24.4 Å². The number of ether oxygens (including phenoxy) is 1. The second-order valence-corrected chi connectivity index (χ2v) is 7.76. The third-order valence-electron chi connectivity index (χ3n) is 5.40. The Labute approximate surface area is 163 Å². The quantitative estimate of drug-likeness (QED) is 0.766. The molecule has 2 aliphatic heterocycles. The molecule has 2 aromatic heterocycles. The molecule has 27 heavy (non-hydrogen) atoms. The van der Waals surface area contributed by atoms with E-state index in [1.165, 1.54) is 0 Å². The van der Waals surface area contributed by atoms with Gasteiger partial charge in [0, 0.05) is 58.0 Å². The third kappa shape index (κ3) is 4.17. The van der Waals surface area contributed by atoms with E-state index in [-0.39, 0.29) is 11.5 Å². The summed E-state index contributed by atoms with van der Waals surface area (Å²) in [5.74, 6) is 1.80. The molecule has 0 saturated carbocycles. The maximum atomic E-state index is 12.6. The summed E-state index contributed by atoms with van der Waals surface area (Å²) < 4.78 is 13.3. The number of hydrogen-bond acceptors (Lipinski definition) is 6. The molecule has 2 saturated heterocycles. The van der Waals surface area contributed by atoms with Gasteiger partial charge in [-0.3, -0.25) is 9.69 Å². The van der Waals surface area contributed by atoms with Crippen molar-refractivity contribution in [2.75, 3.05) is 32.8 Å². The molecule has 0 radical (unpaired) electrons. The van der Waals surface area contributed by atoms with Gasteiger partial charge in [0.1, 0.15) is 17.2 Å². The summed E-state index contributed by atoms with van der Waals surface area (Å²) in [6.45, 7) is 4.56. The molecular formula is C18H24ClN5O3. The molecule has 0 aliphatic carbocycles. The van der Waals surface area contributed by atoms with Crippen molar-refractivity contribution < 1.29 is 14.1 Å². The molecule has 146 valence electrons. The van der Waals surface area contributed by atoms with E-state index in [9.17, 15) is 4.79 Å². The lowest BCUT2D eigenvalue weighted by molar-refractivity contribution is -0.135. The zero-order valence-corrected chi connectivity index (χ0v) is 16.2. The van der Waals surface area contributed by atoms with Crippen molar-refractivity contribution in [2.45, 2.75) is 31.4 Å². The van der Waals surface area contributed by atoms with Gasteiger partial charge in [-0.2, -0.15) is 0 Å². The van der Waals surface area contributed by atoms with Gasteiger partial charge in [0.2, 0.25) is 5.91 Å². The maximum absolute atomic E-state index is 12.6. The minimum atomic E-state index is -0.269. The fourth-order valence-corrected chi connectivity index (χ4v) is 4.06. The van der Waals surface area contributed by atoms with E-state index in [0.29, 0.717) is 36.9 Å². The zero-order valence-electron chi connectivity index (χ0n) is 15.4. The van der Waals surface area contributed by atoms with Crippen LogP contribution in [0.15, 0.2) is 23.0 Å². The Hall–Kier alpha value is -1.90. The molecule has 0 N–H and O–H groups in total. The van der Waals surface area contributed by atoms with E-state index < -0.39 is 0 Å². The van der Waals surface area contributed by atoms with E-state index in [1.54, 1.807) is 6.07 Å². The lowest BCUT2D eigenvalue weighted by atomic mass is 10.0. The van der Waals surface area contributed by atoms with Crippen molar-refractivity contribution in [3.05, 3.63) is 35.2 Å². The van der Waals surface area contributed by atoms with Crippen LogP contribution in [0.25, 0.3) is 0 Å². The van der Waals surface area contributed by atoms with E-state index >= 15 is 0 Å². The Kier molecular flexibility index (Phi) is 5.21. The van der Waals surface area contributed by atoms with Crippen molar-refractivity contribution in [3.63, 3.8) is 0 Å². The van der Waals surface area contributed by atoms with Crippen molar-refractivity contribution in [1.82, 2.24) is 24.5 Å². The van der Waals surface area contributed by atoms with Crippen LogP contribution in [0.5, 0.6) is 0 Å². The molecule has 0 aromatic carbocycles. The fraction of sp³-hybridized carbons (Fsp3) is 0.611. The van der Waals surface area contributed by atoms with Crippen LogP contribution in [0.4, 0.5) is 0 Å². The molecule has 4 rings (SSSR count). The monoisotopic (exact) mass is 393 g/mol. The minimum absolute atomic E-state index is 0.115. The van der Waals surface area contributed by atoms with Gasteiger partial charge in [0.05, 0.1) is 19.7 Å². The van der Waals surface area contributed by atoms with Crippen LogP contribution in [-0.2, 0) is 29.5 Å². The predicted octanol–water partition coefficient (Wildman–Crippen LogP) is 1.50. The molecule has 0 bridgehead atoms. The predicted molar refractivity (Wildman–Crippen MR) is 98.2 cm³/mol. The first-order valence-corrected chi connectivity index (χ1v) is 9.62. The van der Waals surface area contributed by atoms with Gasteiger partial charge in [-0.15, -0.1) is 0 Å². The smallest absolute Gasteiger partial charge is 0.223 e. The van der Waals surface area contributed by atoms with Gasteiger partial charge >= 0.3 is 0 Å². The van der Waals surface area contributed by atoms with Crippen LogP contribution >= 0.6 is 11.6 Å². The molecular weight excluding hydrogens is 370 g/mol. The first-order valence-electron chi connectivity index (χ1n) is 9.24. The average Bonchev–Trinajstić information content (AvgIpc) is 3.35. The number of amides is 1. The summed E-state index contributed by atoms with van der Waals surface area (Å²) in [5.41, 5.74) is -0.269. The van der Waals surface area contributed by atoms with Gasteiger partial charge < -0.3 is 18.7 Å². The van der Waals surface area contributed by atoms with Crippen molar-refractivity contribution in [1.29, 1.82) is 0 Å². The maximum Gasteiger partial charge on any atom is 0.223 e. The fourth-order valence-electron chi connectivity index (χ4n) is 3.91. The van der Waals surface area contributed by atoms with Crippen LogP contribution in [0, 0.1) is 0 Å². The molecule has 1 amide bonds. The summed E-state index contributed by atoms with van der Waals surface area (Å²) in [6.07, 6.45) is 5.54. The summed E-state index contributed by atoms with van der Waals surface area (Å²) in [5, 5.41) is 3.96. The van der Waals surface area contributed by atoms with Crippen LogP contribution in [0.3, 0.4) is 0 Å². The summed E-state index contributed by atoms with van der Waals surface area (Å²) in [4.78, 5) is 21.3. The molecule has 1 spiro atoms. The number of morpholine rings is 1. The normalized spacial score (nSPS) is 23.4. The van der Waals surface area contributed by atoms with Crippen molar-refractivity contribution in [2.24, 2.45) is 7.05 Å². The number of carbonyl (C=O) groups is 1.